The summed E-state index contributed by atoms with van der Waals surface area (Å²) in [6, 6.07) is 9.37. The van der Waals surface area contributed by atoms with Gasteiger partial charge in [-0.3, -0.25) is 4.79 Å². The van der Waals surface area contributed by atoms with Gasteiger partial charge in [-0.1, -0.05) is 0 Å². The molecule has 1 amide bonds. The Morgan fingerprint density at radius 1 is 1.00 bits per heavy atom. The first-order chi connectivity index (χ1) is 13.8. The van der Waals surface area contributed by atoms with Gasteiger partial charge >= 0.3 is 0 Å². The normalized spacial score (nSPS) is 11.2. The molecule has 29 heavy (non-hydrogen) atoms. The lowest BCUT2D eigenvalue weighted by atomic mass is 10.2. The first kappa shape index (κ1) is 22.5. The van der Waals surface area contributed by atoms with E-state index in [0.29, 0.717) is 29.4 Å². The zero-order valence-electron chi connectivity index (χ0n) is 17.2. The number of hydrogen-bond donors (Lipinski definition) is 1. The molecule has 2 rings (SSSR count). The Morgan fingerprint density at radius 2 is 1.66 bits per heavy atom. The van der Waals surface area contributed by atoms with Gasteiger partial charge in [-0.15, -0.1) is 0 Å². The number of carbonyl (C=O) groups excluding carboxylic acids is 1. The van der Waals surface area contributed by atoms with Crippen LogP contribution in [0.1, 0.15) is 22.8 Å². The molecular formula is C20H26N2O6S. The third-order valence-corrected chi connectivity index (χ3v) is 6.14. The molecule has 0 aliphatic heterocycles. The predicted octanol–water partition coefficient (Wildman–Crippen LogP) is 2.28. The number of rotatable bonds is 9. The van der Waals surface area contributed by atoms with Crippen LogP contribution in [0.5, 0.6) is 17.2 Å². The SMILES string of the molecule is CCNC(=O)c1cc(S(=O)(=O)N(C)Cc2cc(OC)ccc2OC)ccc1OC. The maximum atomic E-state index is 13.1. The van der Waals surface area contributed by atoms with Crippen molar-refractivity contribution >= 4 is 15.9 Å². The van der Waals surface area contributed by atoms with Gasteiger partial charge in [0.25, 0.3) is 5.91 Å². The van der Waals surface area contributed by atoms with E-state index in [1.54, 1.807) is 25.1 Å². The Hall–Kier alpha value is -2.78. The molecule has 158 valence electrons. The molecule has 2 aromatic rings. The Balaban J connectivity index is 2.40. The monoisotopic (exact) mass is 422 g/mol. The molecule has 0 atom stereocenters. The molecule has 0 radical (unpaired) electrons. The lowest BCUT2D eigenvalue weighted by Gasteiger charge is -2.20. The molecule has 2 aromatic carbocycles. The summed E-state index contributed by atoms with van der Waals surface area (Å²) in [5.74, 6) is 1.03. The molecule has 0 fully saturated rings. The zero-order chi connectivity index (χ0) is 21.6. The lowest BCUT2D eigenvalue weighted by Crippen LogP contribution is -2.28. The van der Waals surface area contributed by atoms with Crippen molar-refractivity contribution in [3.05, 3.63) is 47.5 Å². The summed E-state index contributed by atoms with van der Waals surface area (Å²) < 4.78 is 43.1. The number of carbonyl (C=O) groups is 1. The number of nitrogens with zero attached hydrogens (tertiary/aromatic N) is 1. The van der Waals surface area contributed by atoms with Crippen LogP contribution in [-0.4, -0.2) is 53.6 Å². The van der Waals surface area contributed by atoms with Crippen molar-refractivity contribution in [3.8, 4) is 17.2 Å². The van der Waals surface area contributed by atoms with Crippen LogP contribution in [0.2, 0.25) is 0 Å². The molecule has 8 nitrogen and oxygen atoms in total. The van der Waals surface area contributed by atoms with Gasteiger partial charge in [0.05, 0.1) is 31.8 Å². The van der Waals surface area contributed by atoms with Crippen molar-refractivity contribution in [3.63, 3.8) is 0 Å². The number of benzene rings is 2. The fraction of sp³-hybridized carbons (Fsp3) is 0.350. The number of nitrogens with one attached hydrogen (secondary N) is 1. The van der Waals surface area contributed by atoms with Crippen LogP contribution in [0.25, 0.3) is 0 Å². The number of amides is 1. The molecule has 0 aromatic heterocycles. The molecule has 0 saturated carbocycles. The molecule has 0 unspecified atom stereocenters. The smallest absolute Gasteiger partial charge is 0.255 e. The van der Waals surface area contributed by atoms with E-state index in [0.717, 1.165) is 0 Å². The third kappa shape index (κ3) is 4.99. The van der Waals surface area contributed by atoms with Crippen LogP contribution in [-0.2, 0) is 16.6 Å². The Kier molecular flexibility index (Phi) is 7.46. The largest absolute Gasteiger partial charge is 0.497 e. The van der Waals surface area contributed by atoms with Gasteiger partial charge in [0.2, 0.25) is 10.0 Å². The molecule has 0 aliphatic rings. The van der Waals surface area contributed by atoms with Crippen LogP contribution in [0, 0.1) is 0 Å². The van der Waals surface area contributed by atoms with Gasteiger partial charge in [-0.25, -0.2) is 8.42 Å². The van der Waals surface area contributed by atoms with Crippen LogP contribution in [0.4, 0.5) is 0 Å². The van der Waals surface area contributed by atoms with Gasteiger partial charge < -0.3 is 19.5 Å². The standard InChI is InChI=1S/C20H26N2O6S/c1-6-21-20(23)17-12-16(8-10-19(17)28-5)29(24,25)22(2)13-14-11-15(26-3)7-9-18(14)27-4/h7-12H,6,13H2,1-5H3,(H,21,23). The van der Waals surface area contributed by atoms with Crippen LogP contribution >= 0.6 is 0 Å². The van der Waals surface area contributed by atoms with E-state index >= 15 is 0 Å². The van der Waals surface area contributed by atoms with Gasteiger partial charge in [-0.2, -0.15) is 4.31 Å². The minimum Gasteiger partial charge on any atom is -0.497 e. The van der Waals surface area contributed by atoms with E-state index in [4.69, 9.17) is 14.2 Å². The highest BCUT2D eigenvalue weighted by molar-refractivity contribution is 7.89. The summed E-state index contributed by atoms with van der Waals surface area (Å²) in [6.45, 7) is 2.25. The summed E-state index contributed by atoms with van der Waals surface area (Å²) in [4.78, 5) is 12.3. The van der Waals surface area contributed by atoms with E-state index in [-0.39, 0.29) is 17.0 Å². The average molecular weight is 423 g/mol. The molecular weight excluding hydrogens is 396 g/mol. The summed E-state index contributed by atoms with van der Waals surface area (Å²) in [5, 5.41) is 2.65. The topological polar surface area (TPSA) is 94.2 Å². The van der Waals surface area contributed by atoms with Crippen molar-refractivity contribution in [2.45, 2.75) is 18.4 Å². The molecule has 0 spiro atoms. The quantitative estimate of drug-likeness (QED) is 0.666. The fourth-order valence-electron chi connectivity index (χ4n) is 2.79. The van der Waals surface area contributed by atoms with Crippen LogP contribution in [0.3, 0.4) is 0 Å². The van der Waals surface area contributed by atoms with Gasteiger partial charge in [-0.05, 0) is 43.3 Å². The van der Waals surface area contributed by atoms with Crippen molar-refractivity contribution in [2.75, 3.05) is 34.9 Å². The molecule has 9 heteroatoms. The first-order valence-electron chi connectivity index (χ1n) is 8.91. The summed E-state index contributed by atoms with van der Waals surface area (Å²) in [7, 11) is 2.06. The van der Waals surface area contributed by atoms with Crippen molar-refractivity contribution in [1.29, 1.82) is 0 Å². The maximum absolute atomic E-state index is 13.1. The van der Waals surface area contributed by atoms with E-state index < -0.39 is 15.9 Å². The Morgan fingerprint density at radius 3 is 2.24 bits per heavy atom. The fourth-order valence-corrected chi connectivity index (χ4v) is 3.97. The van der Waals surface area contributed by atoms with Crippen molar-refractivity contribution in [1.82, 2.24) is 9.62 Å². The number of hydrogen-bond acceptors (Lipinski definition) is 6. The molecule has 0 bridgehead atoms. The second-order valence-electron chi connectivity index (χ2n) is 6.16. The second kappa shape index (κ2) is 9.62. The molecule has 1 N–H and O–H groups in total. The third-order valence-electron chi connectivity index (χ3n) is 4.34. The van der Waals surface area contributed by atoms with E-state index in [2.05, 4.69) is 5.32 Å². The van der Waals surface area contributed by atoms with E-state index in [1.165, 1.54) is 50.9 Å². The number of sulfonamides is 1. The van der Waals surface area contributed by atoms with E-state index in [1.807, 2.05) is 0 Å². The summed E-state index contributed by atoms with van der Waals surface area (Å²) in [5.41, 5.74) is 0.804. The average Bonchev–Trinajstić information content (AvgIpc) is 2.73. The van der Waals surface area contributed by atoms with Gasteiger partial charge in [0.1, 0.15) is 17.2 Å². The number of methoxy groups -OCH3 is 3. The minimum atomic E-state index is -3.88. The second-order valence-corrected chi connectivity index (χ2v) is 8.21. The van der Waals surface area contributed by atoms with Crippen LogP contribution in [0.15, 0.2) is 41.3 Å². The highest BCUT2D eigenvalue weighted by atomic mass is 32.2. The van der Waals surface area contributed by atoms with Crippen molar-refractivity contribution in [2.24, 2.45) is 0 Å². The Labute approximate surface area is 171 Å². The first-order valence-corrected chi connectivity index (χ1v) is 10.4. The van der Waals surface area contributed by atoms with Crippen LogP contribution < -0.4 is 19.5 Å². The minimum absolute atomic E-state index is 0.0103. The molecule has 0 heterocycles. The predicted molar refractivity (Wildman–Crippen MR) is 109 cm³/mol. The lowest BCUT2D eigenvalue weighted by molar-refractivity contribution is 0.0952. The summed E-state index contributed by atoms with van der Waals surface area (Å²) in [6.07, 6.45) is 0. The highest BCUT2D eigenvalue weighted by Crippen LogP contribution is 2.28. The molecule has 0 aliphatic carbocycles. The zero-order valence-corrected chi connectivity index (χ0v) is 18.0. The van der Waals surface area contributed by atoms with Crippen molar-refractivity contribution < 1.29 is 27.4 Å². The molecule has 0 saturated heterocycles. The number of ether oxygens (including phenoxy) is 3. The van der Waals surface area contributed by atoms with Gasteiger partial charge in [0.15, 0.2) is 0 Å². The highest BCUT2D eigenvalue weighted by Gasteiger charge is 2.25. The summed E-state index contributed by atoms with van der Waals surface area (Å²) >= 11 is 0. The maximum Gasteiger partial charge on any atom is 0.255 e. The van der Waals surface area contributed by atoms with E-state index in [9.17, 15) is 13.2 Å². The Bertz CT molecular complexity index is 975. The van der Waals surface area contributed by atoms with Gasteiger partial charge in [0, 0.05) is 25.7 Å².